The number of esters is 2. The number of hydrogen-bond acceptors (Lipinski definition) is 6. The van der Waals surface area contributed by atoms with E-state index in [-0.39, 0.29) is 17.9 Å². The van der Waals surface area contributed by atoms with E-state index in [2.05, 4.69) is 6.58 Å². The third-order valence-electron chi connectivity index (χ3n) is 6.58. The number of carbonyl (C=O) groups is 2. The van der Waals surface area contributed by atoms with Crippen molar-refractivity contribution in [1.82, 2.24) is 0 Å². The van der Waals surface area contributed by atoms with Gasteiger partial charge in [0, 0.05) is 5.57 Å². The molecule has 0 aromatic carbocycles. The third kappa shape index (κ3) is 2.93. The molecule has 2 aliphatic carbocycles. The molecule has 2 N–H and O–H groups in total. The smallest absolute Gasteiger partial charge is 0.334 e. The molecular formula is C20H27ClO6. The van der Waals surface area contributed by atoms with Gasteiger partial charge in [-0.05, 0) is 38.3 Å². The zero-order valence-electron chi connectivity index (χ0n) is 16.1. The maximum absolute atomic E-state index is 12.4. The van der Waals surface area contributed by atoms with Crippen molar-refractivity contribution < 1.29 is 29.3 Å². The van der Waals surface area contributed by atoms with Gasteiger partial charge in [-0.3, -0.25) is 4.79 Å². The van der Waals surface area contributed by atoms with Crippen LogP contribution in [0.4, 0.5) is 0 Å². The molecule has 1 saturated heterocycles. The number of fused-ring (bicyclic) bond motifs is 3. The van der Waals surface area contributed by atoms with Gasteiger partial charge in [0.2, 0.25) is 0 Å². The van der Waals surface area contributed by atoms with Crippen molar-refractivity contribution in [2.24, 2.45) is 17.8 Å². The van der Waals surface area contributed by atoms with Crippen LogP contribution in [-0.2, 0) is 19.1 Å². The second-order valence-corrected chi connectivity index (χ2v) is 8.81. The Bertz CT molecular complexity index is 713. The summed E-state index contributed by atoms with van der Waals surface area (Å²) in [4.78, 5) is 24.7. The van der Waals surface area contributed by atoms with E-state index in [0.717, 1.165) is 0 Å². The molecule has 8 unspecified atom stereocenters. The first-order valence-electron chi connectivity index (χ1n) is 9.33. The topological polar surface area (TPSA) is 93.1 Å². The number of rotatable bonds is 3. The van der Waals surface area contributed by atoms with Crippen molar-refractivity contribution in [2.45, 2.75) is 69.3 Å². The Hall–Kier alpha value is -1.37. The van der Waals surface area contributed by atoms with Crippen molar-refractivity contribution in [1.29, 1.82) is 0 Å². The standard InChI is InChI=1S/C20H27ClO6/c1-6-9(2)17(22)26-12-7-10(3)20(25)8-13(21)19(5,24)16(20)15-14(12)11(4)18(23)27-15/h7,9,12-16,24-25H,4,6,8H2,1-3,5H3. The maximum Gasteiger partial charge on any atom is 0.334 e. The lowest BCUT2D eigenvalue weighted by atomic mass is 9.74. The summed E-state index contributed by atoms with van der Waals surface area (Å²) in [7, 11) is 0. The molecule has 2 fully saturated rings. The molecule has 6 nitrogen and oxygen atoms in total. The normalized spacial score (nSPS) is 44.7. The van der Waals surface area contributed by atoms with E-state index in [4.69, 9.17) is 21.1 Å². The van der Waals surface area contributed by atoms with Gasteiger partial charge >= 0.3 is 11.9 Å². The van der Waals surface area contributed by atoms with E-state index < -0.39 is 52.6 Å². The molecule has 3 rings (SSSR count). The Kier molecular flexibility index (Phi) is 4.98. The summed E-state index contributed by atoms with van der Waals surface area (Å²) < 4.78 is 11.2. The molecule has 0 spiro atoms. The monoisotopic (exact) mass is 398 g/mol. The van der Waals surface area contributed by atoms with Crippen LogP contribution >= 0.6 is 11.6 Å². The van der Waals surface area contributed by atoms with E-state index in [1.54, 1.807) is 19.9 Å². The van der Waals surface area contributed by atoms with Gasteiger partial charge in [0.1, 0.15) is 12.2 Å². The van der Waals surface area contributed by atoms with Gasteiger partial charge in [-0.2, -0.15) is 0 Å². The fourth-order valence-corrected chi connectivity index (χ4v) is 4.95. The van der Waals surface area contributed by atoms with Gasteiger partial charge in [-0.15, -0.1) is 11.6 Å². The molecule has 0 radical (unpaired) electrons. The molecule has 0 aromatic heterocycles. The number of alkyl halides is 1. The first-order valence-corrected chi connectivity index (χ1v) is 9.76. The van der Waals surface area contributed by atoms with E-state index in [0.29, 0.717) is 12.0 Å². The van der Waals surface area contributed by atoms with Crippen LogP contribution in [0, 0.1) is 17.8 Å². The molecule has 3 aliphatic rings. The quantitative estimate of drug-likeness (QED) is 0.327. The fraction of sp³-hybridized carbons (Fsp3) is 0.700. The predicted octanol–water partition coefficient (Wildman–Crippen LogP) is 2.11. The predicted molar refractivity (Wildman–Crippen MR) is 98.9 cm³/mol. The molecule has 1 saturated carbocycles. The number of aliphatic hydroxyl groups is 2. The number of ether oxygens (including phenoxy) is 2. The van der Waals surface area contributed by atoms with E-state index in [1.807, 2.05) is 6.92 Å². The number of carbonyl (C=O) groups excluding carboxylic acids is 2. The molecule has 8 atom stereocenters. The lowest BCUT2D eigenvalue weighted by Crippen LogP contribution is -2.52. The molecule has 150 valence electrons. The summed E-state index contributed by atoms with van der Waals surface area (Å²) in [5.74, 6) is -2.85. The summed E-state index contributed by atoms with van der Waals surface area (Å²) in [5.41, 5.74) is -2.24. The van der Waals surface area contributed by atoms with Crippen LogP contribution in [0.2, 0.25) is 0 Å². The van der Waals surface area contributed by atoms with Crippen molar-refractivity contribution in [3.05, 3.63) is 23.8 Å². The lowest BCUT2D eigenvalue weighted by Gasteiger charge is -2.39. The van der Waals surface area contributed by atoms with Crippen molar-refractivity contribution in [2.75, 3.05) is 0 Å². The summed E-state index contributed by atoms with van der Waals surface area (Å²) in [6.45, 7) is 10.7. The molecule has 1 aliphatic heterocycles. The summed E-state index contributed by atoms with van der Waals surface area (Å²) in [6, 6.07) is 0. The van der Waals surface area contributed by atoms with Crippen molar-refractivity contribution in [3.63, 3.8) is 0 Å². The summed E-state index contributed by atoms with van der Waals surface area (Å²) in [5, 5.41) is 21.7. The summed E-state index contributed by atoms with van der Waals surface area (Å²) >= 11 is 6.35. The van der Waals surface area contributed by atoms with E-state index in [9.17, 15) is 19.8 Å². The Morgan fingerprint density at radius 3 is 2.74 bits per heavy atom. The Labute approximate surface area is 164 Å². The first kappa shape index (κ1) is 20.4. The second kappa shape index (κ2) is 6.61. The Morgan fingerprint density at radius 2 is 2.15 bits per heavy atom. The molecule has 0 aromatic rings. The highest BCUT2D eigenvalue weighted by atomic mass is 35.5. The van der Waals surface area contributed by atoms with Gasteiger partial charge in [0.15, 0.2) is 0 Å². The minimum absolute atomic E-state index is 0.105. The van der Waals surface area contributed by atoms with Crippen LogP contribution in [0.25, 0.3) is 0 Å². The number of halogens is 1. The first-order chi connectivity index (χ1) is 12.4. The Morgan fingerprint density at radius 1 is 1.52 bits per heavy atom. The van der Waals surface area contributed by atoms with Crippen molar-refractivity contribution >= 4 is 23.5 Å². The highest BCUT2D eigenvalue weighted by Crippen LogP contribution is 2.56. The zero-order chi connectivity index (χ0) is 20.3. The largest absolute Gasteiger partial charge is 0.458 e. The molecule has 27 heavy (non-hydrogen) atoms. The Balaban J connectivity index is 2.09. The van der Waals surface area contributed by atoms with Gasteiger partial charge in [-0.25, -0.2) is 4.79 Å². The average molecular weight is 399 g/mol. The van der Waals surface area contributed by atoms with Gasteiger partial charge in [0.25, 0.3) is 0 Å². The fourth-order valence-electron chi connectivity index (χ4n) is 4.58. The molecule has 7 heteroatoms. The van der Waals surface area contributed by atoms with E-state index >= 15 is 0 Å². The van der Waals surface area contributed by atoms with Crippen LogP contribution in [0.3, 0.4) is 0 Å². The average Bonchev–Trinajstić information content (AvgIpc) is 2.92. The molecule has 0 bridgehead atoms. The summed E-state index contributed by atoms with van der Waals surface area (Å²) in [6.07, 6.45) is 0.671. The minimum atomic E-state index is -1.48. The van der Waals surface area contributed by atoms with Crippen LogP contribution < -0.4 is 0 Å². The second-order valence-electron chi connectivity index (χ2n) is 8.28. The minimum Gasteiger partial charge on any atom is -0.458 e. The lowest BCUT2D eigenvalue weighted by molar-refractivity contribution is -0.160. The number of hydrogen-bond donors (Lipinski definition) is 2. The van der Waals surface area contributed by atoms with Crippen LogP contribution in [0.15, 0.2) is 23.8 Å². The molecular weight excluding hydrogens is 372 g/mol. The SMILES string of the molecule is C=C1C(=O)OC2C1C(OC(=O)C(C)CC)C=C(C)C1(O)CC(Cl)C(C)(O)C21. The van der Waals surface area contributed by atoms with E-state index in [1.165, 1.54) is 6.92 Å². The molecule has 1 heterocycles. The molecule has 0 amide bonds. The van der Waals surface area contributed by atoms with Gasteiger partial charge in [0.05, 0.1) is 34.3 Å². The van der Waals surface area contributed by atoms with Gasteiger partial charge in [-0.1, -0.05) is 20.4 Å². The van der Waals surface area contributed by atoms with Crippen LogP contribution in [-0.4, -0.2) is 50.9 Å². The van der Waals surface area contributed by atoms with Crippen molar-refractivity contribution in [3.8, 4) is 0 Å². The maximum atomic E-state index is 12.4. The zero-order valence-corrected chi connectivity index (χ0v) is 16.8. The van der Waals surface area contributed by atoms with Crippen LogP contribution in [0.5, 0.6) is 0 Å². The third-order valence-corrected chi connectivity index (χ3v) is 7.17. The highest BCUT2D eigenvalue weighted by Gasteiger charge is 2.67. The van der Waals surface area contributed by atoms with Crippen LogP contribution in [0.1, 0.15) is 40.5 Å². The van der Waals surface area contributed by atoms with Gasteiger partial charge < -0.3 is 19.7 Å². The highest BCUT2D eigenvalue weighted by molar-refractivity contribution is 6.21.